The Kier molecular flexibility index (Phi) is 7.81. The van der Waals surface area contributed by atoms with E-state index in [2.05, 4.69) is 13.8 Å². The van der Waals surface area contributed by atoms with Gasteiger partial charge in [0, 0.05) is 6.92 Å². The third kappa shape index (κ3) is 5.96. The van der Waals surface area contributed by atoms with Crippen LogP contribution in [0.15, 0.2) is 41.3 Å². The van der Waals surface area contributed by atoms with Crippen LogP contribution in [0.5, 0.6) is 17.2 Å². The van der Waals surface area contributed by atoms with Crippen LogP contribution in [-0.2, 0) is 9.59 Å². The van der Waals surface area contributed by atoms with Crippen LogP contribution >= 0.6 is 11.8 Å². The third-order valence-electron chi connectivity index (χ3n) is 4.98. The Morgan fingerprint density at radius 2 is 1.85 bits per heavy atom. The van der Waals surface area contributed by atoms with Gasteiger partial charge in [-0.3, -0.25) is 19.3 Å². The average molecular weight is 470 g/mol. The quantitative estimate of drug-likeness (QED) is 0.300. The molecule has 8 heteroatoms. The van der Waals surface area contributed by atoms with Gasteiger partial charge in [-0.1, -0.05) is 32.0 Å². The Morgan fingerprint density at radius 3 is 2.52 bits per heavy atom. The van der Waals surface area contributed by atoms with E-state index in [0.29, 0.717) is 22.1 Å². The number of amides is 2. The van der Waals surface area contributed by atoms with Crippen LogP contribution < -0.4 is 14.2 Å². The lowest BCUT2D eigenvalue weighted by Gasteiger charge is -2.17. The van der Waals surface area contributed by atoms with Crippen LogP contribution in [0.4, 0.5) is 4.79 Å². The zero-order chi connectivity index (χ0) is 24.1. The molecule has 1 heterocycles. The van der Waals surface area contributed by atoms with E-state index in [1.807, 2.05) is 25.1 Å². The van der Waals surface area contributed by atoms with E-state index in [4.69, 9.17) is 14.2 Å². The van der Waals surface area contributed by atoms with Crippen LogP contribution in [0.1, 0.15) is 43.4 Å². The molecule has 174 valence electrons. The van der Waals surface area contributed by atoms with Crippen LogP contribution in [0.25, 0.3) is 6.08 Å². The molecule has 0 aliphatic carbocycles. The van der Waals surface area contributed by atoms with Crippen LogP contribution in [0.3, 0.4) is 0 Å². The molecule has 2 aromatic rings. The third-order valence-corrected chi connectivity index (χ3v) is 5.88. The molecule has 2 aromatic carbocycles. The summed E-state index contributed by atoms with van der Waals surface area (Å²) in [5, 5.41) is -0.341. The van der Waals surface area contributed by atoms with Crippen LogP contribution in [0.2, 0.25) is 0 Å². The molecule has 0 saturated carbocycles. The SMILES string of the molecule is COc1cc(/C=C2\SC(=O)N(CCOc3cc(C)ccc3C(C)C)C2=O)ccc1OC(C)=O. The highest BCUT2D eigenvalue weighted by molar-refractivity contribution is 8.18. The summed E-state index contributed by atoms with van der Waals surface area (Å²) in [5.74, 6) is 0.868. The molecule has 1 saturated heterocycles. The second-order valence-corrected chi connectivity index (χ2v) is 8.87. The highest BCUT2D eigenvalue weighted by Gasteiger charge is 2.35. The van der Waals surface area contributed by atoms with Gasteiger partial charge in [0.1, 0.15) is 12.4 Å². The minimum absolute atomic E-state index is 0.155. The van der Waals surface area contributed by atoms with E-state index < -0.39 is 5.97 Å². The fraction of sp³-hybridized carbons (Fsp3) is 0.320. The van der Waals surface area contributed by atoms with Gasteiger partial charge in [0.05, 0.1) is 18.6 Å². The molecule has 33 heavy (non-hydrogen) atoms. The van der Waals surface area contributed by atoms with Crippen molar-refractivity contribution in [1.82, 2.24) is 4.90 Å². The Labute approximate surface area is 197 Å². The molecule has 3 rings (SSSR count). The maximum Gasteiger partial charge on any atom is 0.308 e. The summed E-state index contributed by atoms with van der Waals surface area (Å²) in [7, 11) is 1.46. The number of carbonyl (C=O) groups excluding carboxylic acids is 3. The van der Waals surface area contributed by atoms with Crippen molar-refractivity contribution in [3.05, 3.63) is 58.0 Å². The number of rotatable bonds is 8. The number of carbonyl (C=O) groups is 3. The van der Waals surface area contributed by atoms with Gasteiger partial charge in [-0.15, -0.1) is 0 Å². The van der Waals surface area contributed by atoms with E-state index in [1.165, 1.54) is 18.9 Å². The second-order valence-electron chi connectivity index (χ2n) is 7.88. The van der Waals surface area contributed by atoms with Gasteiger partial charge in [0.25, 0.3) is 11.1 Å². The number of benzene rings is 2. The molecule has 7 nitrogen and oxygen atoms in total. The lowest BCUT2D eigenvalue weighted by Crippen LogP contribution is -2.32. The summed E-state index contributed by atoms with van der Waals surface area (Å²) in [6.45, 7) is 7.84. The Morgan fingerprint density at radius 1 is 1.09 bits per heavy atom. The maximum atomic E-state index is 12.8. The number of nitrogens with zero attached hydrogens (tertiary/aromatic N) is 1. The molecule has 0 spiro atoms. The minimum Gasteiger partial charge on any atom is -0.493 e. The number of aryl methyl sites for hydroxylation is 1. The first-order valence-corrected chi connectivity index (χ1v) is 11.4. The normalized spacial score (nSPS) is 14.8. The maximum absolute atomic E-state index is 12.8. The summed E-state index contributed by atoms with van der Waals surface area (Å²) in [6, 6.07) is 11.0. The van der Waals surface area contributed by atoms with Crippen LogP contribution in [0, 0.1) is 6.92 Å². The fourth-order valence-electron chi connectivity index (χ4n) is 3.35. The summed E-state index contributed by atoms with van der Waals surface area (Å²) in [5.41, 5.74) is 2.81. The highest BCUT2D eigenvalue weighted by Crippen LogP contribution is 2.35. The standard InChI is InChI=1S/C25H27NO6S/c1-15(2)19-8-6-16(3)12-21(19)31-11-10-26-24(28)23(33-25(26)29)14-18-7-9-20(32-17(4)27)22(13-18)30-5/h6-9,12-15H,10-11H2,1-5H3/b23-14-. The molecular weight excluding hydrogens is 442 g/mol. The summed E-state index contributed by atoms with van der Waals surface area (Å²) >= 11 is 0.878. The molecule has 1 aliphatic heterocycles. The van der Waals surface area contributed by atoms with Gasteiger partial charge in [0.15, 0.2) is 11.5 Å². The first kappa shape index (κ1) is 24.4. The molecule has 0 aromatic heterocycles. The Balaban J connectivity index is 1.69. The fourth-order valence-corrected chi connectivity index (χ4v) is 4.21. The smallest absolute Gasteiger partial charge is 0.308 e. The van der Waals surface area contributed by atoms with Crippen molar-refractivity contribution in [3.8, 4) is 17.2 Å². The zero-order valence-electron chi connectivity index (χ0n) is 19.3. The number of hydrogen-bond acceptors (Lipinski definition) is 7. The van der Waals surface area contributed by atoms with Crippen molar-refractivity contribution in [3.63, 3.8) is 0 Å². The molecule has 0 atom stereocenters. The lowest BCUT2D eigenvalue weighted by molar-refractivity contribution is -0.132. The highest BCUT2D eigenvalue weighted by atomic mass is 32.2. The monoisotopic (exact) mass is 469 g/mol. The summed E-state index contributed by atoms with van der Waals surface area (Å²) in [6.07, 6.45) is 1.61. The molecule has 1 aliphatic rings. The molecule has 1 fully saturated rings. The molecular formula is C25H27NO6S. The predicted molar refractivity (Wildman–Crippen MR) is 128 cm³/mol. The molecule has 0 unspecified atom stereocenters. The van der Waals surface area contributed by atoms with Gasteiger partial charge in [-0.25, -0.2) is 0 Å². The number of thioether (sulfide) groups is 1. The van der Waals surface area contributed by atoms with E-state index in [0.717, 1.165) is 28.6 Å². The number of hydrogen-bond donors (Lipinski definition) is 0. The first-order valence-electron chi connectivity index (χ1n) is 10.5. The van der Waals surface area contributed by atoms with Crippen LogP contribution in [-0.4, -0.2) is 42.3 Å². The topological polar surface area (TPSA) is 82.1 Å². The first-order chi connectivity index (χ1) is 15.7. The van der Waals surface area contributed by atoms with Gasteiger partial charge >= 0.3 is 5.97 Å². The van der Waals surface area contributed by atoms with E-state index in [9.17, 15) is 14.4 Å². The summed E-state index contributed by atoms with van der Waals surface area (Å²) < 4.78 is 16.3. The van der Waals surface area contributed by atoms with Crippen molar-refractivity contribution in [2.24, 2.45) is 0 Å². The van der Waals surface area contributed by atoms with E-state index in [-0.39, 0.29) is 30.0 Å². The van der Waals surface area contributed by atoms with Gasteiger partial charge in [0.2, 0.25) is 0 Å². The molecule has 0 bridgehead atoms. The zero-order valence-corrected chi connectivity index (χ0v) is 20.2. The minimum atomic E-state index is -0.462. The number of methoxy groups -OCH3 is 1. The van der Waals surface area contributed by atoms with Gasteiger partial charge in [-0.2, -0.15) is 0 Å². The number of ether oxygens (including phenoxy) is 3. The van der Waals surface area contributed by atoms with E-state index in [1.54, 1.807) is 24.3 Å². The number of imide groups is 1. The number of esters is 1. The van der Waals surface area contributed by atoms with Crippen molar-refractivity contribution in [2.45, 2.75) is 33.6 Å². The van der Waals surface area contributed by atoms with Crippen molar-refractivity contribution in [1.29, 1.82) is 0 Å². The molecule has 0 radical (unpaired) electrons. The van der Waals surface area contributed by atoms with Gasteiger partial charge in [-0.05, 0) is 65.6 Å². The van der Waals surface area contributed by atoms with E-state index >= 15 is 0 Å². The predicted octanol–water partition coefficient (Wildman–Crippen LogP) is 5.17. The molecule has 2 amide bonds. The molecule has 0 N–H and O–H groups in total. The van der Waals surface area contributed by atoms with Crippen molar-refractivity contribution >= 4 is 35.0 Å². The lowest BCUT2D eigenvalue weighted by atomic mass is 10.0. The average Bonchev–Trinajstić information content (AvgIpc) is 3.01. The second kappa shape index (κ2) is 10.6. The van der Waals surface area contributed by atoms with Crippen molar-refractivity contribution in [2.75, 3.05) is 20.3 Å². The Bertz CT molecular complexity index is 1110. The largest absolute Gasteiger partial charge is 0.493 e. The van der Waals surface area contributed by atoms with Gasteiger partial charge < -0.3 is 14.2 Å². The summed E-state index contributed by atoms with van der Waals surface area (Å²) in [4.78, 5) is 38.0. The Hall–Kier alpha value is -3.26. The van der Waals surface area contributed by atoms with Crippen molar-refractivity contribution < 1.29 is 28.6 Å².